The molecular weight excluding hydrogens is 298 g/mol. The molecule has 0 heterocycles. The minimum Gasteiger partial charge on any atom is -0.399 e. The van der Waals surface area contributed by atoms with Crippen LogP contribution in [0.5, 0.6) is 0 Å². The highest BCUT2D eigenvalue weighted by Crippen LogP contribution is 2.27. The number of anilines is 1. The van der Waals surface area contributed by atoms with Gasteiger partial charge in [-0.25, -0.2) is 13.1 Å². The van der Waals surface area contributed by atoms with Crippen LogP contribution in [0.3, 0.4) is 0 Å². The van der Waals surface area contributed by atoms with Gasteiger partial charge in [-0.15, -0.1) is 0 Å². The smallest absolute Gasteiger partial charge is 0.242 e. The molecule has 1 aromatic carbocycles. The molecule has 1 aliphatic carbocycles. The standard InChI is InChI=1S/C13H20ClN3O2S/c1-9(17(2)11-4-5-11)8-16-20(18,19)13-6-3-10(15)7-12(13)14/h3,6-7,9,11,16H,4-5,8,15H2,1-2H3. The predicted molar refractivity (Wildman–Crippen MR) is 81.3 cm³/mol. The van der Waals surface area contributed by atoms with Crippen LogP contribution in [0.4, 0.5) is 5.69 Å². The Morgan fingerprint density at radius 3 is 2.70 bits per heavy atom. The summed E-state index contributed by atoms with van der Waals surface area (Å²) in [4.78, 5) is 2.27. The van der Waals surface area contributed by atoms with Gasteiger partial charge >= 0.3 is 0 Å². The lowest BCUT2D eigenvalue weighted by Gasteiger charge is -2.24. The first-order valence-corrected chi connectivity index (χ1v) is 8.44. The van der Waals surface area contributed by atoms with E-state index in [1.165, 1.54) is 31.0 Å². The molecule has 7 heteroatoms. The van der Waals surface area contributed by atoms with Crippen molar-refractivity contribution in [2.45, 2.75) is 36.7 Å². The maximum atomic E-state index is 12.2. The summed E-state index contributed by atoms with van der Waals surface area (Å²) in [6, 6.07) is 5.13. The maximum absolute atomic E-state index is 12.2. The summed E-state index contributed by atoms with van der Waals surface area (Å²) in [5.41, 5.74) is 6.01. The average molecular weight is 318 g/mol. The summed E-state index contributed by atoms with van der Waals surface area (Å²) >= 11 is 5.94. The van der Waals surface area contributed by atoms with Gasteiger partial charge in [0.25, 0.3) is 0 Å². The molecule has 0 radical (unpaired) electrons. The van der Waals surface area contributed by atoms with E-state index in [0.29, 0.717) is 18.3 Å². The predicted octanol–water partition coefficient (Wildman–Crippen LogP) is 1.68. The highest BCUT2D eigenvalue weighted by atomic mass is 35.5. The largest absolute Gasteiger partial charge is 0.399 e. The lowest BCUT2D eigenvalue weighted by atomic mass is 10.3. The van der Waals surface area contributed by atoms with Crippen molar-refractivity contribution in [1.82, 2.24) is 9.62 Å². The molecule has 1 aromatic rings. The van der Waals surface area contributed by atoms with Crippen molar-refractivity contribution >= 4 is 27.3 Å². The lowest BCUT2D eigenvalue weighted by Crippen LogP contribution is -2.41. The Labute approximate surface area is 125 Å². The summed E-state index contributed by atoms with van der Waals surface area (Å²) in [6.07, 6.45) is 2.38. The molecule has 0 spiro atoms. The first-order chi connectivity index (χ1) is 9.31. The van der Waals surface area contributed by atoms with Crippen LogP contribution in [0.1, 0.15) is 19.8 Å². The van der Waals surface area contributed by atoms with Gasteiger partial charge in [0, 0.05) is 24.3 Å². The Bertz CT molecular complexity index is 587. The molecule has 0 aromatic heterocycles. The number of hydrogen-bond donors (Lipinski definition) is 2. The minimum absolute atomic E-state index is 0.0645. The third-order valence-corrected chi connectivity index (χ3v) is 5.54. The molecular formula is C13H20ClN3O2S. The molecule has 1 unspecified atom stereocenters. The van der Waals surface area contributed by atoms with E-state index >= 15 is 0 Å². The Kier molecular flexibility index (Phi) is 4.59. The fraction of sp³-hybridized carbons (Fsp3) is 0.538. The average Bonchev–Trinajstić information content (AvgIpc) is 3.18. The third kappa shape index (κ3) is 3.63. The van der Waals surface area contributed by atoms with Crippen LogP contribution < -0.4 is 10.5 Å². The van der Waals surface area contributed by atoms with Crippen LogP contribution in [0.15, 0.2) is 23.1 Å². The molecule has 5 nitrogen and oxygen atoms in total. The maximum Gasteiger partial charge on any atom is 0.242 e. The van der Waals surface area contributed by atoms with Crippen LogP contribution in [-0.2, 0) is 10.0 Å². The molecule has 0 aliphatic heterocycles. The minimum atomic E-state index is -3.61. The molecule has 1 saturated carbocycles. The van der Waals surface area contributed by atoms with E-state index in [4.69, 9.17) is 17.3 Å². The Morgan fingerprint density at radius 2 is 2.15 bits per heavy atom. The van der Waals surface area contributed by atoms with Crippen molar-refractivity contribution in [2.24, 2.45) is 0 Å². The number of nitrogens with one attached hydrogen (secondary N) is 1. The first kappa shape index (κ1) is 15.6. The lowest BCUT2D eigenvalue weighted by molar-refractivity contribution is 0.248. The van der Waals surface area contributed by atoms with Gasteiger partial charge < -0.3 is 5.73 Å². The fourth-order valence-electron chi connectivity index (χ4n) is 2.03. The molecule has 1 aliphatic rings. The van der Waals surface area contributed by atoms with Gasteiger partial charge in [0.15, 0.2) is 0 Å². The number of hydrogen-bond acceptors (Lipinski definition) is 4. The number of nitrogens with zero attached hydrogens (tertiary/aromatic N) is 1. The van der Waals surface area contributed by atoms with E-state index in [1.807, 2.05) is 14.0 Å². The monoisotopic (exact) mass is 317 g/mol. The zero-order valence-corrected chi connectivity index (χ0v) is 13.2. The Morgan fingerprint density at radius 1 is 1.50 bits per heavy atom. The summed E-state index contributed by atoms with van der Waals surface area (Å²) in [7, 11) is -1.59. The highest BCUT2D eigenvalue weighted by Gasteiger charge is 2.29. The van der Waals surface area contributed by atoms with E-state index in [9.17, 15) is 8.42 Å². The second-order valence-corrected chi connectivity index (χ2v) is 7.43. The van der Waals surface area contributed by atoms with Crippen LogP contribution >= 0.6 is 11.6 Å². The van der Waals surface area contributed by atoms with E-state index in [0.717, 1.165) is 0 Å². The van der Waals surface area contributed by atoms with Crippen molar-refractivity contribution in [3.63, 3.8) is 0 Å². The zero-order valence-electron chi connectivity index (χ0n) is 11.6. The fourth-order valence-corrected chi connectivity index (χ4v) is 3.70. The second kappa shape index (κ2) is 5.89. The Hall–Kier alpha value is -0.820. The van der Waals surface area contributed by atoms with Gasteiger partial charge in [0.1, 0.15) is 4.90 Å². The quantitative estimate of drug-likeness (QED) is 0.783. The number of nitrogens with two attached hydrogens (primary N) is 1. The van der Waals surface area contributed by atoms with Crippen molar-refractivity contribution in [3.8, 4) is 0 Å². The van der Waals surface area contributed by atoms with Crippen molar-refractivity contribution in [1.29, 1.82) is 0 Å². The van der Waals surface area contributed by atoms with Crippen LogP contribution in [0, 0.1) is 0 Å². The van der Waals surface area contributed by atoms with E-state index in [1.54, 1.807) is 0 Å². The topological polar surface area (TPSA) is 75.4 Å². The number of benzene rings is 1. The molecule has 0 amide bonds. The van der Waals surface area contributed by atoms with Crippen molar-refractivity contribution in [3.05, 3.63) is 23.2 Å². The van der Waals surface area contributed by atoms with Gasteiger partial charge in [0.05, 0.1) is 5.02 Å². The van der Waals surface area contributed by atoms with Gasteiger partial charge in [0.2, 0.25) is 10.0 Å². The number of rotatable bonds is 6. The summed E-state index contributed by atoms with van der Waals surface area (Å²) in [5, 5.41) is 0.140. The second-order valence-electron chi connectivity index (χ2n) is 5.29. The van der Waals surface area contributed by atoms with E-state index in [-0.39, 0.29) is 16.0 Å². The molecule has 20 heavy (non-hydrogen) atoms. The number of halogens is 1. The molecule has 2 rings (SSSR count). The zero-order chi connectivity index (χ0) is 14.9. The van der Waals surface area contributed by atoms with Gasteiger partial charge in [-0.2, -0.15) is 0 Å². The Balaban J connectivity index is 2.03. The first-order valence-electron chi connectivity index (χ1n) is 6.58. The SMILES string of the molecule is CC(CNS(=O)(=O)c1ccc(N)cc1Cl)N(C)C1CC1. The summed E-state index contributed by atoms with van der Waals surface area (Å²) in [5.74, 6) is 0. The van der Waals surface area contributed by atoms with Crippen molar-refractivity contribution in [2.75, 3.05) is 19.3 Å². The van der Waals surface area contributed by atoms with E-state index < -0.39 is 10.0 Å². The van der Waals surface area contributed by atoms with Gasteiger partial charge in [-0.05, 0) is 45.0 Å². The molecule has 1 fully saturated rings. The molecule has 3 N–H and O–H groups in total. The van der Waals surface area contributed by atoms with Crippen LogP contribution in [0.2, 0.25) is 5.02 Å². The third-order valence-electron chi connectivity index (χ3n) is 3.63. The molecule has 112 valence electrons. The number of likely N-dealkylation sites (N-methyl/N-ethyl adjacent to an activating group) is 1. The highest BCUT2D eigenvalue weighted by molar-refractivity contribution is 7.89. The summed E-state index contributed by atoms with van der Waals surface area (Å²) in [6.45, 7) is 2.36. The number of sulfonamides is 1. The molecule has 1 atom stereocenters. The molecule has 0 saturated heterocycles. The normalized spacial score (nSPS) is 17.4. The molecule has 0 bridgehead atoms. The summed E-state index contributed by atoms with van der Waals surface area (Å²) < 4.78 is 27.0. The van der Waals surface area contributed by atoms with Crippen LogP contribution in [-0.4, -0.2) is 39.0 Å². The van der Waals surface area contributed by atoms with Crippen LogP contribution in [0.25, 0.3) is 0 Å². The van der Waals surface area contributed by atoms with Gasteiger partial charge in [-0.1, -0.05) is 11.6 Å². The van der Waals surface area contributed by atoms with E-state index in [2.05, 4.69) is 9.62 Å². The van der Waals surface area contributed by atoms with Gasteiger partial charge in [-0.3, -0.25) is 4.90 Å². The number of nitrogen functional groups attached to an aromatic ring is 1. The van der Waals surface area contributed by atoms with Crippen molar-refractivity contribution < 1.29 is 8.42 Å².